The number of hydrogen-bond acceptors (Lipinski definition) is 5. The van der Waals surface area contributed by atoms with Crippen molar-refractivity contribution in [1.29, 1.82) is 0 Å². The van der Waals surface area contributed by atoms with Crippen LogP contribution in [-0.4, -0.2) is 21.8 Å². The summed E-state index contributed by atoms with van der Waals surface area (Å²) in [5.74, 6) is -2.67. The van der Waals surface area contributed by atoms with Crippen molar-refractivity contribution in [2.24, 2.45) is 0 Å². The number of nitrogens with zero attached hydrogens (tertiary/aromatic N) is 2. The van der Waals surface area contributed by atoms with Crippen LogP contribution in [0, 0.1) is 12.7 Å². The molecule has 1 atom stereocenters. The first kappa shape index (κ1) is 20.1. The standard InChI is InChI=1S/C25H17FN2O3S/c1-14-11-12-18-19(13-14)32-25(27-18)28-21(16-9-5-6-10-17(16)26)20(23(30)24(28)31)22(29)15-7-3-2-4-8-15/h2-13,21,29H,1H3/b22-20+. The van der Waals surface area contributed by atoms with E-state index in [-0.39, 0.29) is 22.0 Å². The minimum atomic E-state index is -1.14. The number of fused-ring (bicyclic) bond motifs is 1. The number of aromatic nitrogens is 1. The van der Waals surface area contributed by atoms with Crippen molar-refractivity contribution < 1.29 is 19.1 Å². The molecule has 0 aliphatic carbocycles. The van der Waals surface area contributed by atoms with Crippen molar-refractivity contribution in [3.8, 4) is 0 Å². The molecule has 1 fully saturated rings. The highest BCUT2D eigenvalue weighted by Crippen LogP contribution is 2.44. The molecule has 1 N–H and O–H groups in total. The van der Waals surface area contributed by atoms with Crippen molar-refractivity contribution >= 4 is 44.1 Å². The molecule has 0 radical (unpaired) electrons. The minimum Gasteiger partial charge on any atom is -0.507 e. The van der Waals surface area contributed by atoms with Crippen molar-refractivity contribution in [3.05, 3.63) is 101 Å². The molecule has 7 heteroatoms. The fourth-order valence-corrected chi connectivity index (χ4v) is 4.99. The second kappa shape index (κ2) is 7.69. The molecular weight excluding hydrogens is 427 g/mol. The van der Waals surface area contributed by atoms with Gasteiger partial charge in [-0.1, -0.05) is 65.9 Å². The number of hydrogen-bond donors (Lipinski definition) is 1. The zero-order valence-electron chi connectivity index (χ0n) is 16.9. The van der Waals surface area contributed by atoms with Gasteiger partial charge in [-0.3, -0.25) is 14.5 Å². The number of ketones is 1. The number of aryl methyl sites for hydroxylation is 1. The van der Waals surface area contributed by atoms with Gasteiger partial charge in [-0.2, -0.15) is 0 Å². The maximum atomic E-state index is 14.9. The summed E-state index contributed by atoms with van der Waals surface area (Å²) in [6.45, 7) is 1.95. The Morgan fingerprint density at radius 3 is 2.50 bits per heavy atom. The van der Waals surface area contributed by atoms with Crippen LogP contribution in [0.5, 0.6) is 0 Å². The summed E-state index contributed by atoms with van der Waals surface area (Å²) in [7, 11) is 0. The van der Waals surface area contributed by atoms with E-state index in [9.17, 15) is 19.1 Å². The van der Waals surface area contributed by atoms with E-state index in [2.05, 4.69) is 4.98 Å². The Kier molecular flexibility index (Phi) is 4.83. The normalized spacial score (nSPS) is 17.9. The van der Waals surface area contributed by atoms with E-state index in [0.717, 1.165) is 10.3 Å². The summed E-state index contributed by atoms with van der Waals surface area (Å²) >= 11 is 1.24. The molecule has 1 saturated heterocycles. The molecular formula is C25H17FN2O3S. The lowest BCUT2D eigenvalue weighted by molar-refractivity contribution is -0.132. The Bertz CT molecular complexity index is 1410. The minimum absolute atomic E-state index is 0.111. The summed E-state index contributed by atoms with van der Waals surface area (Å²) in [4.78, 5) is 32.0. The van der Waals surface area contributed by atoms with E-state index in [1.165, 1.54) is 34.4 Å². The molecule has 1 aliphatic heterocycles. The molecule has 1 amide bonds. The molecule has 1 aliphatic rings. The number of aliphatic hydroxyl groups excluding tert-OH is 1. The SMILES string of the molecule is Cc1ccc2nc(N3C(=O)C(=O)/C(=C(/O)c4ccccc4)C3c3ccccc3F)sc2c1. The van der Waals surface area contributed by atoms with Crippen molar-refractivity contribution in [3.63, 3.8) is 0 Å². The van der Waals surface area contributed by atoms with Crippen molar-refractivity contribution in [2.45, 2.75) is 13.0 Å². The van der Waals surface area contributed by atoms with Crippen LogP contribution in [0.25, 0.3) is 16.0 Å². The summed E-state index contributed by atoms with van der Waals surface area (Å²) in [5, 5.41) is 11.3. The Morgan fingerprint density at radius 1 is 1.03 bits per heavy atom. The lowest BCUT2D eigenvalue weighted by Crippen LogP contribution is -2.29. The van der Waals surface area contributed by atoms with Gasteiger partial charge in [0, 0.05) is 11.1 Å². The molecule has 0 spiro atoms. The molecule has 32 heavy (non-hydrogen) atoms. The number of anilines is 1. The van der Waals surface area contributed by atoms with E-state index < -0.39 is 23.5 Å². The highest BCUT2D eigenvalue weighted by Gasteiger charge is 2.49. The molecule has 2 heterocycles. The van der Waals surface area contributed by atoms with Gasteiger partial charge in [-0.05, 0) is 30.7 Å². The Hall–Kier alpha value is -3.84. The molecule has 5 rings (SSSR count). The zero-order chi connectivity index (χ0) is 22.4. The maximum Gasteiger partial charge on any atom is 0.301 e. The number of rotatable bonds is 3. The number of Topliss-reactive ketones (excluding diaryl/α,β-unsaturated/α-hetero) is 1. The smallest absolute Gasteiger partial charge is 0.301 e. The third-order valence-electron chi connectivity index (χ3n) is 5.43. The molecule has 0 bridgehead atoms. The monoisotopic (exact) mass is 444 g/mol. The van der Waals surface area contributed by atoms with Crippen LogP contribution >= 0.6 is 11.3 Å². The average Bonchev–Trinajstić information content (AvgIpc) is 3.32. The molecule has 1 aromatic heterocycles. The number of halogens is 1. The van der Waals surface area contributed by atoms with Gasteiger partial charge in [0.2, 0.25) is 0 Å². The lowest BCUT2D eigenvalue weighted by atomic mass is 9.95. The lowest BCUT2D eigenvalue weighted by Gasteiger charge is -2.23. The van der Waals surface area contributed by atoms with E-state index in [0.29, 0.717) is 11.1 Å². The highest BCUT2D eigenvalue weighted by molar-refractivity contribution is 7.22. The number of thiazole rings is 1. The van der Waals surface area contributed by atoms with Gasteiger partial charge in [0.05, 0.1) is 15.8 Å². The molecule has 4 aromatic rings. The van der Waals surface area contributed by atoms with E-state index in [1.54, 1.807) is 36.4 Å². The van der Waals surface area contributed by atoms with Gasteiger partial charge in [0.1, 0.15) is 17.6 Å². The highest BCUT2D eigenvalue weighted by atomic mass is 32.1. The quantitative estimate of drug-likeness (QED) is 0.262. The summed E-state index contributed by atoms with van der Waals surface area (Å²) in [6, 6.07) is 18.9. The van der Waals surface area contributed by atoms with Crippen LogP contribution in [0.15, 0.2) is 78.4 Å². The predicted octanol–water partition coefficient (Wildman–Crippen LogP) is 5.37. The van der Waals surface area contributed by atoms with Crippen molar-refractivity contribution in [2.75, 3.05) is 4.90 Å². The van der Waals surface area contributed by atoms with Gasteiger partial charge >= 0.3 is 5.91 Å². The Balaban J connectivity index is 1.76. The average molecular weight is 444 g/mol. The molecule has 3 aromatic carbocycles. The second-order valence-electron chi connectivity index (χ2n) is 7.52. The van der Waals surface area contributed by atoms with Gasteiger partial charge < -0.3 is 5.11 Å². The topological polar surface area (TPSA) is 70.5 Å². The summed E-state index contributed by atoms with van der Waals surface area (Å²) in [6.07, 6.45) is 0. The fraction of sp³-hybridized carbons (Fsp3) is 0.0800. The van der Waals surface area contributed by atoms with Crippen LogP contribution in [0.3, 0.4) is 0 Å². The maximum absolute atomic E-state index is 14.9. The molecule has 158 valence electrons. The van der Waals surface area contributed by atoms with Crippen LogP contribution in [-0.2, 0) is 9.59 Å². The van der Waals surface area contributed by atoms with E-state index >= 15 is 0 Å². The van der Waals surface area contributed by atoms with Gasteiger partial charge in [-0.15, -0.1) is 0 Å². The molecule has 1 unspecified atom stereocenters. The largest absolute Gasteiger partial charge is 0.507 e. The number of benzene rings is 3. The third-order valence-corrected chi connectivity index (χ3v) is 6.45. The third kappa shape index (κ3) is 3.18. The zero-order valence-corrected chi connectivity index (χ0v) is 17.8. The van der Waals surface area contributed by atoms with Gasteiger partial charge in [-0.25, -0.2) is 9.37 Å². The molecule has 5 nitrogen and oxygen atoms in total. The molecule has 0 saturated carbocycles. The number of aliphatic hydroxyl groups is 1. The second-order valence-corrected chi connectivity index (χ2v) is 8.53. The first-order valence-electron chi connectivity index (χ1n) is 9.94. The predicted molar refractivity (Wildman–Crippen MR) is 122 cm³/mol. The number of carbonyl (C=O) groups excluding carboxylic acids is 2. The van der Waals surface area contributed by atoms with Crippen molar-refractivity contribution in [1.82, 2.24) is 4.98 Å². The number of amides is 1. The summed E-state index contributed by atoms with van der Waals surface area (Å²) < 4.78 is 15.8. The Labute approximate surface area is 187 Å². The van der Waals surface area contributed by atoms with Crippen LogP contribution in [0.4, 0.5) is 9.52 Å². The first-order chi connectivity index (χ1) is 15.5. The van der Waals surface area contributed by atoms with Gasteiger partial charge in [0.25, 0.3) is 5.78 Å². The first-order valence-corrected chi connectivity index (χ1v) is 10.8. The van der Waals surface area contributed by atoms with Gasteiger partial charge in [0.15, 0.2) is 5.13 Å². The Morgan fingerprint density at radius 2 is 1.75 bits per heavy atom. The van der Waals surface area contributed by atoms with Crippen LogP contribution < -0.4 is 4.90 Å². The number of carbonyl (C=O) groups is 2. The van der Waals surface area contributed by atoms with E-state index in [4.69, 9.17) is 0 Å². The van der Waals surface area contributed by atoms with Crippen LogP contribution in [0.1, 0.15) is 22.7 Å². The van der Waals surface area contributed by atoms with E-state index in [1.807, 2.05) is 25.1 Å². The summed E-state index contributed by atoms with van der Waals surface area (Å²) in [5.41, 5.74) is 2.02. The fourth-order valence-electron chi connectivity index (χ4n) is 3.90. The van der Waals surface area contributed by atoms with Crippen LogP contribution in [0.2, 0.25) is 0 Å².